The molecule has 3 aromatic rings. The van der Waals surface area contributed by atoms with Crippen LogP contribution in [0, 0.1) is 0 Å². The Morgan fingerprint density at radius 2 is 1.79 bits per heavy atom. The van der Waals surface area contributed by atoms with Crippen LogP contribution in [0.15, 0.2) is 106 Å². The van der Waals surface area contributed by atoms with Crippen LogP contribution >= 0.6 is 11.8 Å². The van der Waals surface area contributed by atoms with Gasteiger partial charge in [-0.3, -0.25) is 9.78 Å². The molecule has 2 aliphatic rings. The molecule has 39 heavy (non-hydrogen) atoms. The summed E-state index contributed by atoms with van der Waals surface area (Å²) in [6.07, 6.45) is 4.07. The second-order valence-electron chi connectivity index (χ2n) is 8.90. The molecule has 0 bridgehead atoms. The fourth-order valence-electron chi connectivity index (χ4n) is 4.53. The number of benzene rings is 2. The van der Waals surface area contributed by atoms with Crippen LogP contribution in [0.2, 0.25) is 0 Å². The molecule has 1 N–H and O–H groups in total. The summed E-state index contributed by atoms with van der Waals surface area (Å²) in [6, 6.07) is 20.3. The van der Waals surface area contributed by atoms with Gasteiger partial charge in [-0.05, 0) is 59.4 Å². The summed E-state index contributed by atoms with van der Waals surface area (Å²) in [5.74, 6) is 0.760. The minimum Gasteiger partial charge on any atom is -0.466 e. The summed E-state index contributed by atoms with van der Waals surface area (Å²) in [7, 11) is 1.37. The van der Waals surface area contributed by atoms with Crippen LogP contribution in [0.5, 0.6) is 11.5 Å². The predicted molar refractivity (Wildman–Crippen MR) is 151 cm³/mol. The molecule has 0 unspecified atom stereocenters. The Balaban J connectivity index is 1.46. The number of thioether (sulfide) groups is 1. The first kappa shape index (κ1) is 26.2. The first-order chi connectivity index (χ1) is 19.1. The maximum atomic E-state index is 13.2. The zero-order valence-corrected chi connectivity index (χ0v) is 22.5. The number of ether oxygens (including phenoxy) is 2. The van der Waals surface area contributed by atoms with Gasteiger partial charge in [0.05, 0.1) is 30.8 Å². The van der Waals surface area contributed by atoms with Gasteiger partial charge in [0, 0.05) is 24.6 Å². The van der Waals surface area contributed by atoms with Gasteiger partial charge >= 0.3 is 5.97 Å². The Bertz CT molecular complexity index is 1450. The Morgan fingerprint density at radius 3 is 2.54 bits per heavy atom. The van der Waals surface area contributed by atoms with Gasteiger partial charge in [0.25, 0.3) is 0 Å². The van der Waals surface area contributed by atoms with E-state index in [1.54, 1.807) is 12.4 Å². The number of nitrogens with one attached hydrogen (secondary N) is 1. The minimum absolute atomic E-state index is 0.129. The van der Waals surface area contributed by atoms with Gasteiger partial charge < -0.3 is 19.7 Å². The van der Waals surface area contributed by atoms with Crippen LogP contribution in [0.25, 0.3) is 0 Å². The molecule has 1 amide bonds. The number of pyridine rings is 1. The third-order valence-corrected chi connectivity index (χ3v) is 7.25. The maximum absolute atomic E-state index is 13.2. The number of rotatable bonds is 9. The standard InChI is InChI=1S/C30H28N4O4S/c1-3-25-27(29(36)37-2)28(21-8-7-11-24(16-21)38-23-9-5-4-6-10-23)34-22(19-39-30(34)33-25)17-26(35)32-18-20-12-14-31-15-13-20/h4-16,19,28H,3,17-18H2,1-2H3,(H,32,35)/t28-/m1/s1. The number of methoxy groups -OCH3 is 1. The SMILES string of the molecule is CCC1=C(C(=O)OC)[C@@H](c2cccc(Oc3ccccc3)c2)N2C(CC(=O)NCc3ccncc3)=CSC2=N1. The van der Waals surface area contributed by atoms with Crippen molar-refractivity contribution in [2.75, 3.05) is 7.11 Å². The van der Waals surface area contributed by atoms with Crippen molar-refractivity contribution in [3.8, 4) is 11.5 Å². The lowest BCUT2D eigenvalue weighted by Crippen LogP contribution is -2.38. The molecule has 0 aliphatic carbocycles. The minimum atomic E-state index is -0.534. The zero-order valence-electron chi connectivity index (χ0n) is 21.7. The maximum Gasteiger partial charge on any atom is 0.338 e. The number of allylic oxidation sites excluding steroid dienone is 1. The molecule has 0 radical (unpaired) electrons. The molecular weight excluding hydrogens is 512 g/mol. The highest BCUT2D eigenvalue weighted by molar-refractivity contribution is 8.16. The number of carbonyl (C=O) groups excluding carboxylic acids is 2. The topological polar surface area (TPSA) is 93.1 Å². The smallest absolute Gasteiger partial charge is 0.338 e. The molecule has 8 nitrogen and oxygen atoms in total. The van der Waals surface area contributed by atoms with Crippen molar-refractivity contribution in [2.24, 2.45) is 4.99 Å². The number of aromatic nitrogens is 1. The van der Waals surface area contributed by atoms with E-state index in [0.717, 1.165) is 22.0 Å². The van der Waals surface area contributed by atoms with Crippen LogP contribution in [0.1, 0.15) is 36.9 Å². The third-order valence-electron chi connectivity index (χ3n) is 6.36. The summed E-state index contributed by atoms with van der Waals surface area (Å²) in [4.78, 5) is 36.9. The molecule has 2 aliphatic heterocycles. The highest BCUT2D eigenvalue weighted by Crippen LogP contribution is 2.46. The van der Waals surface area contributed by atoms with Gasteiger partial charge in [-0.1, -0.05) is 49.0 Å². The third kappa shape index (κ3) is 5.88. The van der Waals surface area contributed by atoms with Crippen LogP contribution in [-0.4, -0.2) is 34.0 Å². The van der Waals surface area contributed by atoms with Crippen molar-refractivity contribution in [3.05, 3.63) is 113 Å². The van der Waals surface area contributed by atoms with Crippen LogP contribution in [0.4, 0.5) is 0 Å². The van der Waals surface area contributed by atoms with Gasteiger partial charge in [0.2, 0.25) is 5.91 Å². The van der Waals surface area contributed by atoms with E-state index in [0.29, 0.717) is 35.7 Å². The molecule has 198 valence electrons. The van der Waals surface area contributed by atoms with Crippen LogP contribution in [0.3, 0.4) is 0 Å². The van der Waals surface area contributed by atoms with Crippen molar-refractivity contribution >= 4 is 28.8 Å². The van der Waals surface area contributed by atoms with Gasteiger partial charge in [-0.15, -0.1) is 0 Å². The van der Waals surface area contributed by atoms with E-state index >= 15 is 0 Å². The van der Waals surface area contributed by atoms with Crippen molar-refractivity contribution in [1.29, 1.82) is 0 Å². The number of hydrogen-bond acceptors (Lipinski definition) is 8. The largest absolute Gasteiger partial charge is 0.466 e. The molecule has 0 spiro atoms. The first-order valence-electron chi connectivity index (χ1n) is 12.6. The summed E-state index contributed by atoms with van der Waals surface area (Å²) in [6.45, 7) is 2.36. The number of aliphatic imine (C=N–C) groups is 1. The number of hydrogen-bond donors (Lipinski definition) is 1. The Hall–Kier alpha value is -4.37. The number of fused-ring (bicyclic) bond motifs is 1. The molecule has 1 aromatic heterocycles. The second kappa shape index (κ2) is 12.0. The van der Waals surface area contributed by atoms with Crippen molar-refractivity contribution in [3.63, 3.8) is 0 Å². The number of nitrogens with zero attached hydrogens (tertiary/aromatic N) is 3. The number of amides is 1. The highest BCUT2D eigenvalue weighted by atomic mass is 32.2. The predicted octanol–water partition coefficient (Wildman–Crippen LogP) is 5.72. The van der Waals surface area contributed by atoms with Crippen molar-refractivity contribution in [1.82, 2.24) is 15.2 Å². The molecule has 0 saturated carbocycles. The van der Waals surface area contributed by atoms with Crippen LogP contribution in [-0.2, 0) is 20.9 Å². The quantitative estimate of drug-likeness (QED) is 0.347. The molecule has 0 fully saturated rings. The summed E-state index contributed by atoms with van der Waals surface area (Å²) in [5.41, 5.74) is 3.66. The average Bonchev–Trinajstić information content (AvgIpc) is 3.37. The summed E-state index contributed by atoms with van der Waals surface area (Å²) < 4.78 is 11.3. The Labute approximate surface area is 231 Å². The number of esters is 1. The molecule has 3 heterocycles. The normalized spacial score (nSPS) is 16.3. The monoisotopic (exact) mass is 540 g/mol. The van der Waals surface area contributed by atoms with E-state index in [9.17, 15) is 9.59 Å². The van der Waals surface area contributed by atoms with E-state index in [2.05, 4.69) is 10.3 Å². The van der Waals surface area contributed by atoms with E-state index in [-0.39, 0.29) is 12.3 Å². The van der Waals surface area contributed by atoms with E-state index in [1.807, 2.05) is 84.0 Å². The van der Waals surface area contributed by atoms with Crippen LogP contribution < -0.4 is 10.1 Å². The Morgan fingerprint density at radius 1 is 1.03 bits per heavy atom. The van der Waals surface area contributed by atoms with Gasteiger partial charge in [0.15, 0.2) is 5.17 Å². The molecule has 0 saturated heterocycles. The second-order valence-corrected chi connectivity index (χ2v) is 9.73. The lowest BCUT2D eigenvalue weighted by molar-refractivity contribution is -0.136. The fraction of sp³-hybridized carbons (Fsp3) is 0.200. The fourth-order valence-corrected chi connectivity index (χ4v) is 5.47. The Kier molecular flexibility index (Phi) is 8.07. The highest BCUT2D eigenvalue weighted by Gasteiger charge is 2.41. The lowest BCUT2D eigenvalue weighted by Gasteiger charge is -2.36. The van der Waals surface area contributed by atoms with Crippen molar-refractivity contribution < 1.29 is 19.1 Å². The average molecular weight is 541 g/mol. The first-order valence-corrected chi connectivity index (χ1v) is 13.5. The number of amidine groups is 1. The van der Waals surface area contributed by atoms with Gasteiger partial charge in [-0.25, -0.2) is 9.79 Å². The molecule has 5 rings (SSSR count). The summed E-state index contributed by atoms with van der Waals surface area (Å²) in [5, 5.41) is 5.62. The van der Waals surface area contributed by atoms with E-state index in [1.165, 1.54) is 18.9 Å². The van der Waals surface area contributed by atoms with Crippen molar-refractivity contribution in [2.45, 2.75) is 32.4 Å². The molecule has 9 heteroatoms. The zero-order chi connectivity index (χ0) is 27.2. The molecule has 1 atom stereocenters. The molecular formula is C30H28N4O4S. The van der Waals surface area contributed by atoms with E-state index in [4.69, 9.17) is 14.5 Å². The number of carbonyl (C=O) groups is 2. The lowest BCUT2D eigenvalue weighted by atomic mass is 9.92. The van der Waals surface area contributed by atoms with Gasteiger partial charge in [-0.2, -0.15) is 0 Å². The summed E-state index contributed by atoms with van der Waals surface area (Å²) >= 11 is 1.44. The number of para-hydroxylation sites is 1. The van der Waals surface area contributed by atoms with Gasteiger partial charge in [0.1, 0.15) is 11.5 Å². The van der Waals surface area contributed by atoms with E-state index < -0.39 is 12.0 Å². The molecule has 2 aromatic carbocycles.